The van der Waals surface area contributed by atoms with Crippen molar-refractivity contribution in [1.29, 1.82) is 0 Å². The highest BCUT2D eigenvalue weighted by molar-refractivity contribution is 5.73. The second-order valence-corrected chi connectivity index (χ2v) is 3.17. The fourth-order valence-electron chi connectivity index (χ4n) is 1.15. The minimum absolute atomic E-state index is 0.347. The molecule has 0 bridgehead atoms. The Morgan fingerprint density at radius 3 is 2.21 bits per heavy atom. The summed E-state index contributed by atoms with van der Waals surface area (Å²) in [5, 5.41) is 8.60. The number of aliphatic carboxylic acids is 1. The summed E-state index contributed by atoms with van der Waals surface area (Å²) in [5.74, 6) is -0.979. The second-order valence-electron chi connectivity index (χ2n) is 3.17. The van der Waals surface area contributed by atoms with Crippen LogP contribution in [0.25, 0.3) is 0 Å². The van der Waals surface area contributed by atoms with Gasteiger partial charge in [-0.3, -0.25) is 4.79 Å². The van der Waals surface area contributed by atoms with Gasteiger partial charge in [-0.05, 0) is 17.5 Å². The summed E-state index contributed by atoms with van der Waals surface area (Å²) in [6.07, 6.45) is 0.347. The molecule has 1 aromatic carbocycles. The highest BCUT2D eigenvalue weighted by atomic mass is 16.4. The number of hydrogen-bond donors (Lipinski definition) is 3. The minimum Gasteiger partial charge on any atom is -0.480 e. The second kappa shape index (κ2) is 4.74. The van der Waals surface area contributed by atoms with Gasteiger partial charge in [0.2, 0.25) is 0 Å². The number of carbonyl (C=O) groups is 1. The van der Waals surface area contributed by atoms with Crippen LogP contribution in [0.2, 0.25) is 0 Å². The van der Waals surface area contributed by atoms with E-state index in [0.717, 1.165) is 11.1 Å². The van der Waals surface area contributed by atoms with Crippen molar-refractivity contribution in [1.82, 2.24) is 0 Å². The fourth-order valence-corrected chi connectivity index (χ4v) is 1.15. The lowest BCUT2D eigenvalue weighted by molar-refractivity contribution is -0.138. The lowest BCUT2D eigenvalue weighted by Gasteiger charge is -2.06. The van der Waals surface area contributed by atoms with Gasteiger partial charge in [-0.2, -0.15) is 0 Å². The molecule has 0 heterocycles. The van der Waals surface area contributed by atoms with Gasteiger partial charge < -0.3 is 16.6 Å². The van der Waals surface area contributed by atoms with E-state index in [-0.39, 0.29) is 0 Å². The number of rotatable bonds is 4. The lowest BCUT2D eigenvalue weighted by Crippen LogP contribution is -2.32. The van der Waals surface area contributed by atoms with Gasteiger partial charge in [0.25, 0.3) is 0 Å². The summed E-state index contributed by atoms with van der Waals surface area (Å²) in [6, 6.07) is 6.63. The van der Waals surface area contributed by atoms with Gasteiger partial charge in [0.1, 0.15) is 6.04 Å². The maximum absolute atomic E-state index is 10.5. The molecular formula is C10H14N2O2. The summed E-state index contributed by atoms with van der Waals surface area (Å²) in [7, 11) is 0. The van der Waals surface area contributed by atoms with Gasteiger partial charge in [-0.25, -0.2) is 0 Å². The van der Waals surface area contributed by atoms with Crippen molar-refractivity contribution < 1.29 is 9.90 Å². The Bertz CT molecular complexity index is 308. The monoisotopic (exact) mass is 194 g/mol. The zero-order valence-corrected chi connectivity index (χ0v) is 7.81. The van der Waals surface area contributed by atoms with Crippen LogP contribution in [0.3, 0.4) is 0 Å². The van der Waals surface area contributed by atoms with Crippen molar-refractivity contribution in [2.45, 2.75) is 19.0 Å². The normalized spacial score (nSPS) is 12.4. The predicted octanol–water partition coefficient (Wildman–Crippen LogP) is 0.0997. The van der Waals surface area contributed by atoms with Crippen LogP contribution in [0.5, 0.6) is 0 Å². The molecule has 14 heavy (non-hydrogen) atoms. The molecule has 0 aliphatic carbocycles. The third kappa shape index (κ3) is 2.83. The third-order valence-corrected chi connectivity index (χ3v) is 2.03. The molecule has 76 valence electrons. The van der Waals surface area contributed by atoms with Crippen molar-refractivity contribution in [3.63, 3.8) is 0 Å². The minimum atomic E-state index is -0.979. The van der Waals surface area contributed by atoms with Crippen LogP contribution in [0.4, 0.5) is 0 Å². The highest BCUT2D eigenvalue weighted by Gasteiger charge is 2.11. The van der Waals surface area contributed by atoms with Crippen LogP contribution in [0.1, 0.15) is 11.1 Å². The molecule has 5 N–H and O–H groups in total. The van der Waals surface area contributed by atoms with E-state index in [2.05, 4.69) is 0 Å². The summed E-state index contributed by atoms with van der Waals surface area (Å²) >= 11 is 0. The molecular weight excluding hydrogens is 180 g/mol. The molecule has 1 unspecified atom stereocenters. The summed E-state index contributed by atoms with van der Waals surface area (Å²) in [4.78, 5) is 10.5. The number of hydrogen-bond acceptors (Lipinski definition) is 3. The maximum atomic E-state index is 10.5. The Morgan fingerprint density at radius 1 is 1.29 bits per heavy atom. The first-order valence-electron chi connectivity index (χ1n) is 4.39. The van der Waals surface area contributed by atoms with Crippen LogP contribution >= 0.6 is 0 Å². The molecule has 0 aromatic heterocycles. The summed E-state index contributed by atoms with van der Waals surface area (Å²) in [6.45, 7) is 0.491. The van der Waals surface area contributed by atoms with Gasteiger partial charge >= 0.3 is 5.97 Å². The van der Waals surface area contributed by atoms with E-state index in [9.17, 15) is 4.79 Å². The Morgan fingerprint density at radius 2 is 1.79 bits per heavy atom. The quantitative estimate of drug-likeness (QED) is 0.634. The Labute approximate surface area is 82.5 Å². The van der Waals surface area contributed by atoms with Crippen LogP contribution < -0.4 is 11.5 Å². The average molecular weight is 194 g/mol. The van der Waals surface area contributed by atoms with Crippen LogP contribution in [-0.4, -0.2) is 17.1 Å². The van der Waals surface area contributed by atoms with Gasteiger partial charge in [-0.1, -0.05) is 24.3 Å². The van der Waals surface area contributed by atoms with E-state index in [0.29, 0.717) is 13.0 Å². The first kappa shape index (κ1) is 10.7. The zero-order valence-electron chi connectivity index (χ0n) is 7.81. The SMILES string of the molecule is NCc1ccc(CC(N)C(=O)O)cc1. The van der Waals surface area contributed by atoms with Crippen molar-refractivity contribution in [2.24, 2.45) is 11.5 Å². The van der Waals surface area contributed by atoms with Crippen molar-refractivity contribution >= 4 is 5.97 Å². The fraction of sp³-hybridized carbons (Fsp3) is 0.300. The van der Waals surface area contributed by atoms with E-state index in [1.54, 1.807) is 0 Å². The largest absolute Gasteiger partial charge is 0.480 e. The van der Waals surface area contributed by atoms with E-state index < -0.39 is 12.0 Å². The average Bonchev–Trinajstić information content (AvgIpc) is 2.19. The number of carboxylic acids is 1. The van der Waals surface area contributed by atoms with E-state index in [1.807, 2.05) is 24.3 Å². The molecule has 0 saturated carbocycles. The molecule has 0 aliphatic heterocycles. The Hall–Kier alpha value is -1.39. The van der Waals surface area contributed by atoms with Gasteiger partial charge in [0.15, 0.2) is 0 Å². The molecule has 0 saturated heterocycles. The van der Waals surface area contributed by atoms with Crippen molar-refractivity contribution in [3.05, 3.63) is 35.4 Å². The van der Waals surface area contributed by atoms with E-state index in [1.165, 1.54) is 0 Å². The van der Waals surface area contributed by atoms with Gasteiger partial charge in [-0.15, -0.1) is 0 Å². The maximum Gasteiger partial charge on any atom is 0.320 e. The van der Waals surface area contributed by atoms with Crippen molar-refractivity contribution in [3.8, 4) is 0 Å². The molecule has 1 rings (SSSR count). The van der Waals surface area contributed by atoms with Gasteiger partial charge in [0.05, 0.1) is 0 Å². The van der Waals surface area contributed by atoms with E-state index in [4.69, 9.17) is 16.6 Å². The number of nitrogens with two attached hydrogens (primary N) is 2. The van der Waals surface area contributed by atoms with E-state index >= 15 is 0 Å². The number of carboxylic acid groups (broad SMARTS) is 1. The predicted molar refractivity (Wildman–Crippen MR) is 53.6 cm³/mol. The topological polar surface area (TPSA) is 89.3 Å². The molecule has 0 amide bonds. The Balaban J connectivity index is 2.64. The van der Waals surface area contributed by atoms with Crippen LogP contribution in [0.15, 0.2) is 24.3 Å². The smallest absolute Gasteiger partial charge is 0.320 e. The van der Waals surface area contributed by atoms with Gasteiger partial charge in [0, 0.05) is 6.54 Å². The van der Waals surface area contributed by atoms with Crippen LogP contribution in [-0.2, 0) is 17.8 Å². The highest BCUT2D eigenvalue weighted by Crippen LogP contribution is 2.05. The summed E-state index contributed by atoms with van der Waals surface area (Å²) in [5.41, 5.74) is 12.8. The summed E-state index contributed by atoms with van der Waals surface area (Å²) < 4.78 is 0. The molecule has 0 radical (unpaired) electrons. The molecule has 4 heteroatoms. The molecule has 0 spiro atoms. The molecule has 0 fully saturated rings. The lowest BCUT2D eigenvalue weighted by atomic mass is 10.0. The standard InChI is InChI=1S/C10H14N2O2/c11-6-8-3-1-7(2-4-8)5-9(12)10(13)14/h1-4,9H,5-6,11-12H2,(H,13,14). The molecule has 1 atom stereocenters. The zero-order chi connectivity index (χ0) is 10.6. The Kier molecular flexibility index (Phi) is 3.62. The molecule has 1 aromatic rings. The molecule has 0 aliphatic rings. The van der Waals surface area contributed by atoms with Crippen LogP contribution in [0, 0.1) is 0 Å². The first-order chi connectivity index (χ1) is 6.63. The number of benzene rings is 1. The van der Waals surface area contributed by atoms with Crippen molar-refractivity contribution in [2.75, 3.05) is 0 Å². The molecule has 4 nitrogen and oxygen atoms in total. The first-order valence-corrected chi connectivity index (χ1v) is 4.39. The third-order valence-electron chi connectivity index (χ3n) is 2.03.